The number of hydrogen-bond donors (Lipinski definition) is 3. The summed E-state index contributed by atoms with van der Waals surface area (Å²) in [6, 6.07) is 1.96. The predicted octanol–water partition coefficient (Wildman–Crippen LogP) is 0.766. The molecule has 1 aromatic rings. The minimum absolute atomic E-state index is 0.151. The number of aliphatic hydroxyl groups is 1. The van der Waals surface area contributed by atoms with Crippen LogP contribution >= 0.6 is 0 Å². The van der Waals surface area contributed by atoms with Crippen LogP contribution < -0.4 is 10.5 Å². The van der Waals surface area contributed by atoms with Crippen LogP contribution in [-0.4, -0.2) is 26.2 Å². The average Bonchev–Trinajstić information content (AvgIpc) is 2.22. The van der Waals surface area contributed by atoms with Gasteiger partial charge in [-0.05, 0) is 38.0 Å². The highest BCUT2D eigenvalue weighted by Crippen LogP contribution is 2.21. The second kappa shape index (κ2) is 5.64. The van der Waals surface area contributed by atoms with Gasteiger partial charge in [0, 0.05) is 18.3 Å². The van der Waals surface area contributed by atoms with Crippen LogP contribution in [-0.2, 0) is 10.0 Å². The Balaban J connectivity index is 3.13. The number of aliphatic hydroxyl groups excluding tert-OH is 1. The first kappa shape index (κ1) is 14.9. The van der Waals surface area contributed by atoms with Gasteiger partial charge in [0.15, 0.2) is 0 Å². The number of nitrogens with two attached hydrogens (primary N) is 1. The van der Waals surface area contributed by atoms with Gasteiger partial charge in [-0.3, -0.25) is 0 Å². The highest BCUT2D eigenvalue weighted by molar-refractivity contribution is 7.89. The Morgan fingerprint density at radius 3 is 2.67 bits per heavy atom. The van der Waals surface area contributed by atoms with Gasteiger partial charge in [0.1, 0.15) is 10.7 Å². The molecule has 0 bridgehead atoms. The Labute approximate surface area is 106 Å². The molecule has 0 fully saturated rings. The molecule has 7 heteroatoms. The molecule has 0 heterocycles. The second-order valence-corrected chi connectivity index (χ2v) is 5.87. The van der Waals surface area contributed by atoms with Gasteiger partial charge >= 0.3 is 0 Å². The van der Waals surface area contributed by atoms with E-state index in [-0.39, 0.29) is 24.3 Å². The second-order valence-electron chi connectivity index (χ2n) is 4.18. The smallest absolute Gasteiger partial charge is 0.243 e. The van der Waals surface area contributed by atoms with Crippen molar-refractivity contribution in [2.75, 3.05) is 12.3 Å². The maximum absolute atomic E-state index is 13.8. The number of rotatable bonds is 5. The fraction of sp³-hybridized carbons (Fsp3) is 0.455. The predicted molar refractivity (Wildman–Crippen MR) is 67.0 cm³/mol. The minimum Gasteiger partial charge on any atom is -0.399 e. The molecule has 0 radical (unpaired) electrons. The van der Waals surface area contributed by atoms with Crippen LogP contribution in [0.1, 0.15) is 18.9 Å². The van der Waals surface area contributed by atoms with Crippen LogP contribution in [0.15, 0.2) is 17.0 Å². The van der Waals surface area contributed by atoms with E-state index in [1.807, 2.05) is 0 Å². The topological polar surface area (TPSA) is 92.4 Å². The fourth-order valence-corrected chi connectivity index (χ4v) is 3.00. The quantitative estimate of drug-likeness (QED) is 0.692. The van der Waals surface area contributed by atoms with Crippen molar-refractivity contribution in [2.24, 2.45) is 0 Å². The van der Waals surface area contributed by atoms with Crippen molar-refractivity contribution in [3.63, 3.8) is 0 Å². The summed E-state index contributed by atoms with van der Waals surface area (Å²) in [6.45, 7) is 2.88. The summed E-state index contributed by atoms with van der Waals surface area (Å²) in [7, 11) is -3.97. The number of benzene rings is 1. The van der Waals surface area contributed by atoms with E-state index in [4.69, 9.17) is 10.8 Å². The molecule has 18 heavy (non-hydrogen) atoms. The minimum atomic E-state index is -3.97. The maximum atomic E-state index is 13.8. The fourth-order valence-electron chi connectivity index (χ4n) is 1.54. The summed E-state index contributed by atoms with van der Waals surface area (Å²) in [5, 5.41) is 8.72. The summed E-state index contributed by atoms with van der Waals surface area (Å²) < 4.78 is 40.0. The van der Waals surface area contributed by atoms with Crippen LogP contribution in [0, 0.1) is 12.7 Å². The first-order valence-electron chi connectivity index (χ1n) is 5.46. The standard InChI is InChI=1S/C11H17FN2O3S/c1-7-5-9(13)6-10(11(7)12)18(16,17)14-8(2)3-4-15/h5-6,8,14-15H,3-4,13H2,1-2H3. The lowest BCUT2D eigenvalue weighted by molar-refractivity contribution is 0.275. The van der Waals surface area contributed by atoms with Crippen molar-refractivity contribution in [2.45, 2.75) is 31.2 Å². The van der Waals surface area contributed by atoms with Gasteiger partial charge < -0.3 is 10.8 Å². The van der Waals surface area contributed by atoms with Crippen molar-refractivity contribution in [1.29, 1.82) is 0 Å². The molecule has 0 aliphatic heterocycles. The molecule has 0 aliphatic rings. The van der Waals surface area contributed by atoms with Gasteiger partial charge in [-0.2, -0.15) is 0 Å². The van der Waals surface area contributed by atoms with Gasteiger partial charge in [-0.25, -0.2) is 17.5 Å². The lowest BCUT2D eigenvalue weighted by atomic mass is 10.2. The third-order valence-corrected chi connectivity index (χ3v) is 4.04. The van der Waals surface area contributed by atoms with Crippen molar-refractivity contribution in [3.05, 3.63) is 23.5 Å². The van der Waals surface area contributed by atoms with Gasteiger partial charge in [0.25, 0.3) is 0 Å². The number of sulfonamides is 1. The summed E-state index contributed by atoms with van der Waals surface area (Å²) in [4.78, 5) is -0.468. The number of aryl methyl sites for hydroxylation is 1. The normalized spacial score (nSPS) is 13.6. The monoisotopic (exact) mass is 276 g/mol. The molecule has 102 valence electrons. The van der Waals surface area contributed by atoms with E-state index in [9.17, 15) is 12.8 Å². The lowest BCUT2D eigenvalue weighted by Gasteiger charge is -2.14. The molecule has 0 aliphatic carbocycles. The number of nitrogen functional groups attached to an aromatic ring is 1. The van der Waals surface area contributed by atoms with Gasteiger partial charge in [-0.1, -0.05) is 0 Å². The largest absolute Gasteiger partial charge is 0.399 e. The lowest BCUT2D eigenvalue weighted by Crippen LogP contribution is -2.33. The van der Waals surface area contributed by atoms with E-state index in [2.05, 4.69) is 4.72 Å². The first-order chi connectivity index (χ1) is 8.27. The van der Waals surface area contributed by atoms with Crippen LogP contribution in [0.4, 0.5) is 10.1 Å². The zero-order valence-corrected chi connectivity index (χ0v) is 11.1. The Kier molecular flexibility index (Phi) is 4.66. The molecule has 1 unspecified atom stereocenters. The van der Waals surface area contributed by atoms with Crippen molar-refractivity contribution < 1.29 is 17.9 Å². The molecule has 1 atom stereocenters. The van der Waals surface area contributed by atoms with E-state index in [1.54, 1.807) is 6.92 Å². The van der Waals surface area contributed by atoms with Crippen LogP contribution in [0.5, 0.6) is 0 Å². The number of anilines is 1. The van der Waals surface area contributed by atoms with Gasteiger partial charge in [0.05, 0.1) is 0 Å². The highest BCUT2D eigenvalue weighted by atomic mass is 32.2. The van der Waals surface area contributed by atoms with E-state index in [1.165, 1.54) is 13.0 Å². The SMILES string of the molecule is Cc1cc(N)cc(S(=O)(=O)NC(C)CCO)c1F. The molecule has 0 spiro atoms. The van der Waals surface area contributed by atoms with Gasteiger partial charge in [0.2, 0.25) is 10.0 Å². The highest BCUT2D eigenvalue weighted by Gasteiger charge is 2.22. The summed E-state index contributed by atoms with van der Waals surface area (Å²) >= 11 is 0. The molecule has 4 N–H and O–H groups in total. The molecular weight excluding hydrogens is 259 g/mol. The molecule has 0 aromatic heterocycles. The van der Waals surface area contributed by atoms with Gasteiger partial charge in [-0.15, -0.1) is 0 Å². The number of hydrogen-bond acceptors (Lipinski definition) is 4. The Hall–Kier alpha value is -1.18. The Bertz CT molecular complexity index is 531. The molecule has 0 saturated heterocycles. The summed E-state index contributed by atoms with van der Waals surface area (Å²) in [5.74, 6) is -0.812. The van der Waals surface area contributed by atoms with Crippen molar-refractivity contribution >= 4 is 15.7 Å². The van der Waals surface area contributed by atoms with Crippen LogP contribution in [0.3, 0.4) is 0 Å². The number of nitrogens with one attached hydrogen (secondary N) is 1. The van der Waals surface area contributed by atoms with Crippen LogP contribution in [0.25, 0.3) is 0 Å². The maximum Gasteiger partial charge on any atom is 0.243 e. The van der Waals surface area contributed by atoms with E-state index < -0.39 is 26.8 Å². The van der Waals surface area contributed by atoms with Crippen LogP contribution in [0.2, 0.25) is 0 Å². The molecule has 0 saturated carbocycles. The van der Waals surface area contributed by atoms with Crippen molar-refractivity contribution in [1.82, 2.24) is 4.72 Å². The molecular formula is C11H17FN2O3S. The van der Waals surface area contributed by atoms with E-state index >= 15 is 0 Å². The molecule has 5 nitrogen and oxygen atoms in total. The molecule has 1 aromatic carbocycles. The average molecular weight is 276 g/mol. The Morgan fingerprint density at radius 2 is 2.11 bits per heavy atom. The third kappa shape index (κ3) is 3.41. The van der Waals surface area contributed by atoms with E-state index in [0.717, 1.165) is 6.07 Å². The first-order valence-corrected chi connectivity index (χ1v) is 6.95. The zero-order valence-electron chi connectivity index (χ0n) is 10.3. The third-order valence-electron chi connectivity index (χ3n) is 2.45. The Morgan fingerprint density at radius 1 is 1.50 bits per heavy atom. The molecule has 0 amide bonds. The zero-order chi connectivity index (χ0) is 13.9. The van der Waals surface area contributed by atoms with E-state index in [0.29, 0.717) is 0 Å². The molecule has 1 rings (SSSR count). The van der Waals surface area contributed by atoms with Crippen molar-refractivity contribution in [3.8, 4) is 0 Å². The number of halogens is 1. The summed E-state index contributed by atoms with van der Waals surface area (Å²) in [5.41, 5.74) is 5.87. The summed E-state index contributed by atoms with van der Waals surface area (Å²) in [6.07, 6.45) is 0.252.